The maximum absolute atomic E-state index is 11.6. The first-order chi connectivity index (χ1) is 20.9. The molecule has 0 aliphatic rings. The molecule has 0 spiro atoms. The van der Waals surface area contributed by atoms with Crippen LogP contribution in [-0.4, -0.2) is 63.7 Å². The molecule has 0 saturated heterocycles. The quantitative estimate of drug-likeness (QED) is 0.0976. The summed E-state index contributed by atoms with van der Waals surface area (Å²) in [7, 11) is -8.89. The molecule has 0 amide bonds. The van der Waals surface area contributed by atoms with Gasteiger partial charge in [-0.25, -0.2) is 16.8 Å². The van der Waals surface area contributed by atoms with Gasteiger partial charge in [0.05, 0.1) is 9.79 Å². The van der Waals surface area contributed by atoms with Gasteiger partial charge < -0.3 is 9.11 Å². The number of hydrogen-bond acceptors (Lipinski definition) is 6. The molecule has 0 N–H and O–H groups in total. The molecule has 4 aromatic rings. The van der Waals surface area contributed by atoms with Crippen LogP contribution in [0.15, 0.2) is 70.5 Å². The van der Waals surface area contributed by atoms with E-state index in [1.54, 1.807) is 12.1 Å². The molecule has 0 aliphatic carbocycles. The van der Waals surface area contributed by atoms with Gasteiger partial charge in [0, 0.05) is 0 Å². The molecular weight excluding hydrogens is 633 g/mol. The van der Waals surface area contributed by atoms with E-state index in [4.69, 9.17) is 0 Å². The zero-order valence-corrected chi connectivity index (χ0v) is 31.1. The average molecular weight is 679 g/mol. The van der Waals surface area contributed by atoms with Crippen LogP contribution in [0.5, 0.6) is 0 Å². The Morgan fingerprint density at radius 1 is 0.489 bits per heavy atom. The molecule has 4 aromatic carbocycles. The second-order valence-electron chi connectivity index (χ2n) is 11.5. The van der Waals surface area contributed by atoms with Crippen molar-refractivity contribution < 1.29 is 25.9 Å². The van der Waals surface area contributed by atoms with Crippen molar-refractivity contribution in [2.45, 2.75) is 115 Å². The van der Waals surface area contributed by atoms with Gasteiger partial charge in [0.15, 0.2) is 0 Å². The molecule has 240 valence electrons. The predicted octanol–water partition coefficient (Wildman–Crippen LogP) is 8.48. The van der Waals surface area contributed by atoms with Crippen molar-refractivity contribution in [1.29, 1.82) is 0 Å². The zero-order valence-electron chi connectivity index (χ0n) is 27.2. The Labute approximate surface area is 300 Å². The molecule has 0 bridgehead atoms. The summed E-state index contributed by atoms with van der Waals surface area (Å²) in [6.07, 6.45) is 11.0. The maximum Gasteiger partial charge on any atom is 2.00 e. The van der Waals surface area contributed by atoms with Crippen LogP contribution < -0.4 is 0 Å². The Morgan fingerprint density at radius 3 is 1.09 bits per heavy atom. The number of rotatable bonds is 14. The third kappa shape index (κ3) is 11.3. The molecule has 6 nitrogen and oxygen atoms in total. The molecular formula is C36H46CaO6S2. The van der Waals surface area contributed by atoms with Crippen molar-refractivity contribution >= 4 is 79.5 Å². The summed E-state index contributed by atoms with van der Waals surface area (Å²) in [6.45, 7) is 8.35. The van der Waals surface area contributed by atoms with Gasteiger partial charge >= 0.3 is 37.7 Å². The standard InChI is InChI=1S/2C18H24O3S.Ca/c2*1-3-5-8-14-10-7-11-15-12-16(9-6-4-2)18(13-17(14)15)22(19,20)21;/h2*7,10-13H,3-6,8-9H2,1-2H3,(H,19,20,21);/q;;+2/p-2. The van der Waals surface area contributed by atoms with Crippen molar-refractivity contribution in [2.75, 3.05) is 0 Å². The first-order valence-electron chi connectivity index (χ1n) is 15.9. The number of hydrogen-bond donors (Lipinski definition) is 0. The summed E-state index contributed by atoms with van der Waals surface area (Å²) >= 11 is 0. The summed E-state index contributed by atoms with van der Waals surface area (Å²) in [4.78, 5) is -0.0882. The van der Waals surface area contributed by atoms with Crippen LogP contribution in [-0.2, 0) is 45.9 Å². The number of fused-ring (bicyclic) bond motifs is 2. The summed E-state index contributed by atoms with van der Waals surface area (Å²) in [5, 5.41) is 3.83. The minimum Gasteiger partial charge on any atom is -0.744 e. The summed E-state index contributed by atoms with van der Waals surface area (Å²) in [6, 6.07) is 19.0. The fraction of sp³-hybridized carbons (Fsp3) is 0.444. The third-order valence-electron chi connectivity index (χ3n) is 8.04. The fourth-order valence-electron chi connectivity index (χ4n) is 5.60. The number of unbranched alkanes of at least 4 members (excludes halogenated alkanes) is 4. The Hall–Kier alpha value is -1.52. The smallest absolute Gasteiger partial charge is 0.744 e. The molecule has 0 saturated carbocycles. The van der Waals surface area contributed by atoms with E-state index in [1.807, 2.05) is 48.5 Å². The van der Waals surface area contributed by atoms with E-state index in [9.17, 15) is 25.9 Å². The predicted molar refractivity (Wildman–Crippen MR) is 184 cm³/mol. The van der Waals surface area contributed by atoms with Crippen molar-refractivity contribution in [1.82, 2.24) is 0 Å². The van der Waals surface area contributed by atoms with Gasteiger partial charge in [-0.15, -0.1) is 0 Å². The van der Waals surface area contributed by atoms with Crippen molar-refractivity contribution in [3.05, 3.63) is 82.9 Å². The van der Waals surface area contributed by atoms with E-state index in [0.29, 0.717) is 24.0 Å². The van der Waals surface area contributed by atoms with E-state index in [0.717, 1.165) is 96.9 Å². The van der Waals surface area contributed by atoms with Crippen molar-refractivity contribution in [2.24, 2.45) is 0 Å². The molecule has 0 unspecified atom stereocenters. The van der Waals surface area contributed by atoms with Crippen LogP contribution in [0.4, 0.5) is 0 Å². The minimum atomic E-state index is -4.44. The van der Waals surface area contributed by atoms with Crippen LogP contribution in [0.25, 0.3) is 21.5 Å². The molecule has 0 heterocycles. The van der Waals surface area contributed by atoms with Crippen LogP contribution >= 0.6 is 0 Å². The first kappa shape index (κ1) is 39.7. The molecule has 45 heavy (non-hydrogen) atoms. The van der Waals surface area contributed by atoms with Crippen LogP contribution in [0.3, 0.4) is 0 Å². The molecule has 9 heteroatoms. The topological polar surface area (TPSA) is 114 Å². The van der Waals surface area contributed by atoms with Crippen LogP contribution in [0, 0.1) is 0 Å². The normalized spacial score (nSPS) is 11.7. The Kier molecular flexibility index (Phi) is 16.5. The molecule has 0 fully saturated rings. The van der Waals surface area contributed by atoms with E-state index in [1.165, 1.54) is 0 Å². The fourth-order valence-corrected chi connectivity index (χ4v) is 7.08. The number of aryl methyl sites for hydroxylation is 4. The second kappa shape index (κ2) is 18.7. The zero-order chi connectivity index (χ0) is 32.3. The monoisotopic (exact) mass is 678 g/mol. The molecule has 0 aliphatic heterocycles. The summed E-state index contributed by atoms with van der Waals surface area (Å²) in [5.41, 5.74) is 3.53. The second-order valence-corrected chi connectivity index (χ2v) is 14.2. The van der Waals surface area contributed by atoms with E-state index < -0.39 is 20.2 Å². The molecule has 0 radical (unpaired) electrons. The van der Waals surface area contributed by atoms with Gasteiger partial charge in [0.2, 0.25) is 0 Å². The Morgan fingerprint density at radius 2 is 0.800 bits per heavy atom. The van der Waals surface area contributed by atoms with Gasteiger partial charge in [-0.05, 0) is 119 Å². The average Bonchev–Trinajstić information content (AvgIpc) is 2.99. The maximum atomic E-state index is 11.6. The van der Waals surface area contributed by atoms with Gasteiger partial charge in [0.25, 0.3) is 0 Å². The van der Waals surface area contributed by atoms with Gasteiger partial charge in [0.1, 0.15) is 20.2 Å². The van der Waals surface area contributed by atoms with Gasteiger partial charge in [-0.1, -0.05) is 89.8 Å². The molecule has 0 aromatic heterocycles. The van der Waals surface area contributed by atoms with Crippen LogP contribution in [0.2, 0.25) is 0 Å². The summed E-state index contributed by atoms with van der Waals surface area (Å²) in [5.74, 6) is 0. The van der Waals surface area contributed by atoms with Gasteiger partial charge in [-0.3, -0.25) is 0 Å². The van der Waals surface area contributed by atoms with E-state index in [2.05, 4.69) is 27.7 Å². The molecule has 4 rings (SSSR count). The third-order valence-corrected chi connectivity index (χ3v) is 9.88. The SMILES string of the molecule is CCCCc1cc2cccc(CCCC)c2cc1S(=O)(=O)[O-].CCCCc1cc2cccc(CCCC)c2cc1S(=O)(=O)[O-].[Ca+2]. The van der Waals surface area contributed by atoms with E-state index in [-0.39, 0.29) is 47.5 Å². The van der Waals surface area contributed by atoms with Crippen molar-refractivity contribution in [3.8, 4) is 0 Å². The number of benzene rings is 4. The Balaban J connectivity index is 0.000000307. The minimum absolute atomic E-state index is 0. The summed E-state index contributed by atoms with van der Waals surface area (Å²) < 4.78 is 69.8. The van der Waals surface area contributed by atoms with Crippen molar-refractivity contribution in [3.63, 3.8) is 0 Å². The Bertz CT molecular complexity index is 1630. The van der Waals surface area contributed by atoms with Crippen LogP contribution in [0.1, 0.15) is 101 Å². The van der Waals surface area contributed by atoms with Gasteiger partial charge in [-0.2, -0.15) is 0 Å². The molecule has 0 atom stereocenters. The largest absolute Gasteiger partial charge is 2.00 e. The van der Waals surface area contributed by atoms with E-state index >= 15 is 0 Å². The first-order valence-corrected chi connectivity index (χ1v) is 18.8.